The molecule has 0 aliphatic heterocycles. The van der Waals surface area contributed by atoms with Crippen LogP contribution in [-0.2, 0) is 14.1 Å². The number of rotatable bonds is 11. The van der Waals surface area contributed by atoms with E-state index in [-0.39, 0.29) is 23.9 Å². The van der Waals surface area contributed by atoms with Gasteiger partial charge in [0.25, 0.3) is 5.34 Å². The number of aliphatic hydroxyl groups is 1. The molecule has 0 radical (unpaired) electrons. The van der Waals surface area contributed by atoms with Crippen molar-refractivity contribution in [1.82, 2.24) is 0 Å². The summed E-state index contributed by atoms with van der Waals surface area (Å²) in [6, 6.07) is 0. The number of carbonyl (C=O) groups is 1. The molecule has 0 bridgehead atoms. The quantitative estimate of drug-likeness (QED) is 0.226. The third-order valence-corrected chi connectivity index (χ3v) is 4.97. The number of nitrogens with zero attached hydrogens (tertiary/aromatic N) is 1. The van der Waals surface area contributed by atoms with Crippen LogP contribution in [0.25, 0.3) is 0 Å². The standard InChI is InChI=1S/C15H32NO6P/c1-6-8-9-11-14(17)22-13(10-7-2)15(18,23(19,20)21)12-16(3,4)5/h13,18H,6-12H2,1-5H3,(H-,19,20,21)/p+1. The van der Waals surface area contributed by atoms with Crippen LogP contribution in [0.5, 0.6) is 0 Å². The Hall–Kier alpha value is -0.460. The number of likely N-dealkylation sites (N-methyl/N-ethyl adjacent to an activating group) is 1. The van der Waals surface area contributed by atoms with E-state index in [2.05, 4.69) is 0 Å². The van der Waals surface area contributed by atoms with E-state index >= 15 is 0 Å². The van der Waals surface area contributed by atoms with Gasteiger partial charge < -0.3 is 24.1 Å². The first-order valence-corrected chi connectivity index (χ1v) is 9.76. The molecule has 2 atom stereocenters. The zero-order valence-electron chi connectivity index (χ0n) is 15.0. The molecule has 8 heteroatoms. The normalized spacial score (nSPS) is 16.7. The number of unbranched alkanes of at least 4 members (excludes halogenated alkanes) is 2. The Morgan fingerprint density at radius 2 is 1.74 bits per heavy atom. The zero-order chi connectivity index (χ0) is 18.3. The highest BCUT2D eigenvalue weighted by Gasteiger charge is 2.56. The molecule has 0 amide bonds. The van der Waals surface area contributed by atoms with Gasteiger partial charge in [-0.25, -0.2) is 0 Å². The van der Waals surface area contributed by atoms with Crippen LogP contribution in [0.2, 0.25) is 0 Å². The number of esters is 1. The van der Waals surface area contributed by atoms with Gasteiger partial charge in [-0.2, -0.15) is 0 Å². The SMILES string of the molecule is CCCCCC(=O)OC(CCC)C(O)(C[N+](C)(C)C)P(=O)(O)O. The second-order valence-electron chi connectivity index (χ2n) is 7.10. The van der Waals surface area contributed by atoms with E-state index < -0.39 is 25.0 Å². The molecule has 7 nitrogen and oxygen atoms in total. The zero-order valence-corrected chi connectivity index (χ0v) is 15.9. The fourth-order valence-electron chi connectivity index (χ4n) is 2.46. The maximum atomic E-state index is 12.0. The van der Waals surface area contributed by atoms with Gasteiger partial charge in [-0.3, -0.25) is 9.36 Å². The molecule has 0 heterocycles. The van der Waals surface area contributed by atoms with E-state index in [0.29, 0.717) is 12.8 Å². The van der Waals surface area contributed by atoms with Crippen molar-refractivity contribution >= 4 is 13.6 Å². The van der Waals surface area contributed by atoms with E-state index in [9.17, 15) is 24.3 Å². The minimum absolute atomic E-state index is 0.134. The van der Waals surface area contributed by atoms with Crippen LogP contribution in [0, 0.1) is 0 Å². The average Bonchev–Trinajstić information content (AvgIpc) is 2.35. The number of quaternary nitrogens is 1. The highest BCUT2D eigenvalue weighted by Crippen LogP contribution is 2.53. The molecule has 0 aliphatic carbocycles. The molecule has 0 saturated carbocycles. The molecule has 0 aromatic heterocycles. The summed E-state index contributed by atoms with van der Waals surface area (Å²) in [4.78, 5) is 31.3. The van der Waals surface area contributed by atoms with Crippen molar-refractivity contribution in [2.45, 2.75) is 63.8 Å². The van der Waals surface area contributed by atoms with Crippen LogP contribution in [0.4, 0.5) is 0 Å². The summed E-state index contributed by atoms with van der Waals surface area (Å²) in [5.41, 5.74) is 0. The molecule has 0 aromatic carbocycles. The monoisotopic (exact) mass is 354 g/mol. The van der Waals surface area contributed by atoms with Gasteiger partial charge in [0, 0.05) is 6.42 Å². The smallest absolute Gasteiger partial charge is 0.366 e. The van der Waals surface area contributed by atoms with Gasteiger partial charge in [-0.05, 0) is 12.8 Å². The summed E-state index contributed by atoms with van der Waals surface area (Å²) in [5.74, 6) is -0.523. The molecule has 0 fully saturated rings. The Morgan fingerprint density at radius 3 is 2.13 bits per heavy atom. The molecule has 2 unspecified atom stereocenters. The van der Waals surface area contributed by atoms with Crippen molar-refractivity contribution in [2.75, 3.05) is 27.7 Å². The Labute approximate surface area is 139 Å². The molecule has 0 rings (SSSR count). The average molecular weight is 354 g/mol. The van der Waals surface area contributed by atoms with E-state index in [0.717, 1.165) is 12.8 Å². The third kappa shape index (κ3) is 7.77. The largest absolute Gasteiger partial charge is 0.458 e. The second kappa shape index (κ2) is 9.14. The number of ether oxygens (including phenoxy) is 1. The van der Waals surface area contributed by atoms with Gasteiger partial charge in [-0.1, -0.05) is 33.1 Å². The first-order chi connectivity index (χ1) is 10.4. The molecule has 0 spiro atoms. The highest BCUT2D eigenvalue weighted by molar-refractivity contribution is 7.53. The maximum Gasteiger partial charge on any atom is 0.366 e. The minimum Gasteiger partial charge on any atom is -0.458 e. The minimum atomic E-state index is -4.90. The lowest BCUT2D eigenvalue weighted by atomic mass is 10.1. The van der Waals surface area contributed by atoms with Crippen molar-refractivity contribution in [3.05, 3.63) is 0 Å². The summed E-state index contributed by atoms with van der Waals surface area (Å²) < 4.78 is 17.4. The summed E-state index contributed by atoms with van der Waals surface area (Å²) in [7, 11) is 0.250. The van der Waals surface area contributed by atoms with Crippen LogP contribution in [0.15, 0.2) is 0 Å². The molecule has 3 N–H and O–H groups in total. The number of hydrogen-bond acceptors (Lipinski definition) is 4. The van der Waals surface area contributed by atoms with Gasteiger partial charge in [0.05, 0.1) is 21.1 Å². The van der Waals surface area contributed by atoms with Crippen molar-refractivity contribution in [3.8, 4) is 0 Å². The van der Waals surface area contributed by atoms with E-state index in [1.54, 1.807) is 21.1 Å². The maximum absolute atomic E-state index is 12.0. The predicted octanol–water partition coefficient (Wildman–Crippen LogP) is 1.85. The van der Waals surface area contributed by atoms with Crippen LogP contribution in [0.1, 0.15) is 52.4 Å². The Balaban J connectivity index is 5.31. The number of hydrogen-bond donors (Lipinski definition) is 3. The lowest BCUT2D eigenvalue weighted by Crippen LogP contribution is -2.56. The van der Waals surface area contributed by atoms with Crippen molar-refractivity contribution in [3.63, 3.8) is 0 Å². The van der Waals surface area contributed by atoms with E-state index in [4.69, 9.17) is 4.74 Å². The van der Waals surface area contributed by atoms with Gasteiger partial charge in [0.2, 0.25) is 0 Å². The van der Waals surface area contributed by atoms with Crippen LogP contribution < -0.4 is 0 Å². The van der Waals surface area contributed by atoms with E-state index in [1.165, 1.54) is 0 Å². The van der Waals surface area contributed by atoms with Crippen molar-refractivity contribution in [2.24, 2.45) is 0 Å². The Bertz CT molecular complexity index is 417. The molecular formula is C15H33NO6P+. The Kier molecular flexibility index (Phi) is 8.95. The number of carbonyl (C=O) groups excluding carboxylic acids is 1. The summed E-state index contributed by atoms with van der Waals surface area (Å²) in [6.07, 6.45) is 2.20. The molecule has 0 saturated heterocycles. The fraction of sp³-hybridized carbons (Fsp3) is 0.933. The summed E-state index contributed by atoms with van der Waals surface area (Å²) >= 11 is 0. The van der Waals surface area contributed by atoms with E-state index in [1.807, 2.05) is 13.8 Å². The predicted molar refractivity (Wildman–Crippen MR) is 88.8 cm³/mol. The third-order valence-electron chi connectivity index (χ3n) is 3.54. The lowest BCUT2D eigenvalue weighted by Gasteiger charge is -2.39. The fourth-order valence-corrected chi connectivity index (χ4v) is 3.63. The topological polar surface area (TPSA) is 104 Å². The molecule has 0 aliphatic rings. The van der Waals surface area contributed by atoms with Gasteiger partial charge in [0.1, 0.15) is 12.6 Å². The molecule has 0 aromatic rings. The van der Waals surface area contributed by atoms with Gasteiger partial charge in [-0.15, -0.1) is 0 Å². The molecule has 138 valence electrons. The molecule has 23 heavy (non-hydrogen) atoms. The Morgan fingerprint density at radius 1 is 1.17 bits per heavy atom. The summed E-state index contributed by atoms with van der Waals surface area (Å²) in [5, 5.41) is 8.35. The van der Waals surface area contributed by atoms with Crippen LogP contribution in [0.3, 0.4) is 0 Å². The highest BCUT2D eigenvalue weighted by atomic mass is 31.2. The lowest BCUT2D eigenvalue weighted by molar-refractivity contribution is -0.875. The molecular weight excluding hydrogens is 321 g/mol. The van der Waals surface area contributed by atoms with Crippen molar-refractivity contribution < 1.29 is 33.5 Å². The van der Waals surface area contributed by atoms with Crippen LogP contribution in [-0.4, -0.2) is 64.5 Å². The summed E-state index contributed by atoms with van der Waals surface area (Å²) in [6.45, 7) is 3.60. The second-order valence-corrected chi connectivity index (χ2v) is 8.96. The van der Waals surface area contributed by atoms with Gasteiger partial charge in [0.15, 0.2) is 0 Å². The first kappa shape index (κ1) is 22.5. The van der Waals surface area contributed by atoms with Crippen molar-refractivity contribution in [1.29, 1.82) is 0 Å². The van der Waals surface area contributed by atoms with Crippen LogP contribution >= 0.6 is 7.60 Å². The van der Waals surface area contributed by atoms with Gasteiger partial charge >= 0.3 is 13.6 Å². The first-order valence-electron chi connectivity index (χ1n) is 8.15.